The maximum Gasteiger partial charge on any atom is 0.271 e. The molecule has 1 heterocycles. The highest BCUT2D eigenvalue weighted by molar-refractivity contribution is 6.33. The van der Waals surface area contributed by atoms with E-state index in [4.69, 9.17) is 11.6 Å². The molecule has 2 atom stereocenters. The van der Waals surface area contributed by atoms with E-state index in [1.54, 1.807) is 19.2 Å². The highest BCUT2D eigenvalue weighted by atomic mass is 35.5. The number of rotatable bonds is 3. The van der Waals surface area contributed by atoms with Crippen molar-refractivity contribution in [2.24, 2.45) is 5.92 Å². The first-order valence-electron chi connectivity index (χ1n) is 6.77. The number of pyridine rings is 1. The average Bonchev–Trinajstić information content (AvgIpc) is 2.42. The van der Waals surface area contributed by atoms with Gasteiger partial charge in [0.25, 0.3) is 5.91 Å². The summed E-state index contributed by atoms with van der Waals surface area (Å²) in [5, 5.41) is 6.36. The normalized spacial score (nSPS) is 22.9. The third-order valence-electron chi connectivity index (χ3n) is 3.75. The molecule has 5 heteroatoms. The zero-order chi connectivity index (χ0) is 13.8. The molecule has 0 aliphatic heterocycles. The maximum absolute atomic E-state index is 12.3. The van der Waals surface area contributed by atoms with Crippen molar-refractivity contribution in [3.8, 4) is 0 Å². The number of hydrogen-bond acceptors (Lipinski definition) is 3. The third kappa shape index (κ3) is 3.38. The lowest BCUT2D eigenvalue weighted by molar-refractivity contribution is 0.0905. The van der Waals surface area contributed by atoms with Crippen LogP contribution in [0.2, 0.25) is 5.02 Å². The second-order valence-electron chi connectivity index (χ2n) is 5.12. The summed E-state index contributed by atoms with van der Waals surface area (Å²) in [6, 6.07) is 3.68. The topological polar surface area (TPSA) is 54.0 Å². The standard InChI is InChI=1S/C14H20ClN3O/c1-9-5-3-4-6-11(9)17-14(19)13-10(15)7-8-12(16-2)18-13/h7-9,11H,3-6H2,1-2H3,(H,16,18)(H,17,19). The van der Waals surface area contributed by atoms with Gasteiger partial charge in [0.2, 0.25) is 0 Å². The van der Waals surface area contributed by atoms with Crippen LogP contribution in [0.25, 0.3) is 0 Å². The second-order valence-corrected chi connectivity index (χ2v) is 5.53. The fraction of sp³-hybridized carbons (Fsp3) is 0.571. The van der Waals surface area contributed by atoms with Gasteiger partial charge in [0.1, 0.15) is 11.5 Å². The van der Waals surface area contributed by atoms with E-state index in [1.807, 2.05) is 0 Å². The van der Waals surface area contributed by atoms with E-state index >= 15 is 0 Å². The molecule has 104 valence electrons. The van der Waals surface area contributed by atoms with Crippen molar-refractivity contribution in [2.45, 2.75) is 38.6 Å². The summed E-state index contributed by atoms with van der Waals surface area (Å²) < 4.78 is 0. The number of hydrogen-bond donors (Lipinski definition) is 2. The van der Waals surface area contributed by atoms with Crippen LogP contribution in [-0.4, -0.2) is 24.0 Å². The summed E-state index contributed by atoms with van der Waals surface area (Å²) in [6.45, 7) is 2.18. The molecule has 0 radical (unpaired) electrons. The van der Waals surface area contributed by atoms with Crippen molar-refractivity contribution in [3.63, 3.8) is 0 Å². The molecule has 1 aliphatic carbocycles. The summed E-state index contributed by atoms with van der Waals surface area (Å²) >= 11 is 6.05. The first kappa shape index (κ1) is 14.1. The van der Waals surface area contributed by atoms with Crippen molar-refractivity contribution < 1.29 is 4.79 Å². The van der Waals surface area contributed by atoms with Gasteiger partial charge in [0, 0.05) is 13.1 Å². The fourth-order valence-corrected chi connectivity index (χ4v) is 2.70. The summed E-state index contributed by atoms with van der Waals surface area (Å²) in [5.74, 6) is 0.982. The first-order chi connectivity index (χ1) is 9.11. The van der Waals surface area contributed by atoms with Crippen LogP contribution in [0, 0.1) is 5.92 Å². The van der Waals surface area contributed by atoms with E-state index in [9.17, 15) is 4.79 Å². The Morgan fingerprint density at radius 2 is 2.11 bits per heavy atom. The van der Waals surface area contributed by atoms with Crippen LogP contribution < -0.4 is 10.6 Å². The molecule has 1 aromatic rings. The smallest absolute Gasteiger partial charge is 0.271 e. The molecule has 2 rings (SSSR count). The van der Waals surface area contributed by atoms with Crippen LogP contribution in [0.3, 0.4) is 0 Å². The molecular formula is C14H20ClN3O. The Kier molecular flexibility index (Phi) is 4.64. The number of carbonyl (C=O) groups is 1. The van der Waals surface area contributed by atoms with Crippen molar-refractivity contribution in [1.29, 1.82) is 0 Å². The minimum atomic E-state index is -0.180. The van der Waals surface area contributed by atoms with Crippen molar-refractivity contribution in [3.05, 3.63) is 22.8 Å². The fourth-order valence-electron chi connectivity index (χ4n) is 2.51. The van der Waals surface area contributed by atoms with E-state index < -0.39 is 0 Å². The van der Waals surface area contributed by atoms with Crippen LogP contribution in [0.1, 0.15) is 43.1 Å². The molecule has 2 N–H and O–H groups in total. The summed E-state index contributed by atoms with van der Waals surface area (Å²) in [7, 11) is 1.77. The Balaban J connectivity index is 2.10. The molecule has 2 unspecified atom stereocenters. The molecule has 1 aromatic heterocycles. The van der Waals surface area contributed by atoms with Gasteiger partial charge in [-0.15, -0.1) is 0 Å². The average molecular weight is 282 g/mol. The Morgan fingerprint density at radius 1 is 1.37 bits per heavy atom. The molecule has 19 heavy (non-hydrogen) atoms. The molecule has 0 spiro atoms. The van der Waals surface area contributed by atoms with E-state index in [0.717, 1.165) is 6.42 Å². The van der Waals surface area contributed by atoms with Gasteiger partial charge in [-0.3, -0.25) is 4.79 Å². The lowest BCUT2D eigenvalue weighted by Crippen LogP contribution is -2.41. The lowest BCUT2D eigenvalue weighted by Gasteiger charge is -2.29. The monoisotopic (exact) mass is 281 g/mol. The molecule has 1 fully saturated rings. The Bertz CT molecular complexity index is 464. The maximum atomic E-state index is 12.3. The quantitative estimate of drug-likeness (QED) is 0.895. The van der Waals surface area contributed by atoms with Crippen molar-refractivity contribution in [2.75, 3.05) is 12.4 Å². The van der Waals surface area contributed by atoms with Crippen LogP contribution >= 0.6 is 11.6 Å². The van der Waals surface area contributed by atoms with E-state index in [2.05, 4.69) is 22.5 Å². The highest BCUT2D eigenvalue weighted by Gasteiger charge is 2.24. The number of nitrogens with zero attached hydrogens (tertiary/aromatic N) is 1. The summed E-state index contributed by atoms with van der Waals surface area (Å²) in [6.07, 6.45) is 4.63. The second kappa shape index (κ2) is 6.24. The van der Waals surface area contributed by atoms with E-state index in [1.165, 1.54) is 19.3 Å². The van der Waals surface area contributed by atoms with E-state index in [0.29, 0.717) is 22.5 Å². The van der Waals surface area contributed by atoms with Crippen LogP contribution in [0.15, 0.2) is 12.1 Å². The zero-order valence-corrected chi connectivity index (χ0v) is 12.1. The molecule has 1 aliphatic rings. The van der Waals surface area contributed by atoms with Gasteiger partial charge in [-0.25, -0.2) is 4.98 Å². The number of aromatic nitrogens is 1. The molecule has 0 bridgehead atoms. The molecule has 1 amide bonds. The minimum absolute atomic E-state index is 0.180. The summed E-state index contributed by atoms with van der Waals surface area (Å²) in [5.41, 5.74) is 0.297. The predicted octanol–water partition coefficient (Wildman–Crippen LogP) is 3.09. The van der Waals surface area contributed by atoms with Crippen molar-refractivity contribution in [1.82, 2.24) is 10.3 Å². The number of anilines is 1. The van der Waals surface area contributed by atoms with Gasteiger partial charge in [-0.2, -0.15) is 0 Å². The Hall–Kier alpha value is -1.29. The number of halogens is 1. The lowest BCUT2D eigenvalue weighted by atomic mass is 9.86. The molecule has 1 saturated carbocycles. The van der Waals surface area contributed by atoms with Crippen LogP contribution in [-0.2, 0) is 0 Å². The van der Waals surface area contributed by atoms with Gasteiger partial charge in [-0.05, 0) is 30.9 Å². The van der Waals surface area contributed by atoms with Crippen molar-refractivity contribution >= 4 is 23.3 Å². The molecule has 4 nitrogen and oxygen atoms in total. The zero-order valence-electron chi connectivity index (χ0n) is 11.4. The highest BCUT2D eigenvalue weighted by Crippen LogP contribution is 2.24. The van der Waals surface area contributed by atoms with Crippen LogP contribution in [0.5, 0.6) is 0 Å². The third-order valence-corrected chi connectivity index (χ3v) is 4.05. The number of carbonyl (C=O) groups excluding carboxylic acids is 1. The molecule has 0 aromatic carbocycles. The van der Waals surface area contributed by atoms with Gasteiger partial charge >= 0.3 is 0 Å². The summed E-state index contributed by atoms with van der Waals surface area (Å²) in [4.78, 5) is 16.5. The van der Waals surface area contributed by atoms with Gasteiger partial charge < -0.3 is 10.6 Å². The number of nitrogens with one attached hydrogen (secondary N) is 2. The number of amides is 1. The molecule has 0 saturated heterocycles. The molecular weight excluding hydrogens is 262 g/mol. The van der Waals surface area contributed by atoms with Crippen LogP contribution in [0.4, 0.5) is 5.82 Å². The SMILES string of the molecule is CNc1ccc(Cl)c(C(=O)NC2CCCCC2C)n1. The van der Waals surface area contributed by atoms with Gasteiger partial charge in [0.15, 0.2) is 0 Å². The first-order valence-corrected chi connectivity index (χ1v) is 7.14. The Morgan fingerprint density at radius 3 is 2.79 bits per heavy atom. The van der Waals surface area contributed by atoms with Gasteiger partial charge in [0.05, 0.1) is 5.02 Å². The van der Waals surface area contributed by atoms with E-state index in [-0.39, 0.29) is 11.9 Å². The predicted molar refractivity (Wildman–Crippen MR) is 77.7 cm³/mol. The largest absolute Gasteiger partial charge is 0.373 e. The minimum Gasteiger partial charge on any atom is -0.373 e. The van der Waals surface area contributed by atoms with Gasteiger partial charge in [-0.1, -0.05) is 31.4 Å². The Labute approximate surface area is 118 Å².